The minimum Gasteiger partial charge on any atom is -0.293 e. The van der Waals surface area contributed by atoms with Crippen molar-refractivity contribution < 1.29 is 4.79 Å². The Hall–Kier alpha value is -0.590. The van der Waals surface area contributed by atoms with Crippen LogP contribution in [0.3, 0.4) is 0 Å². The molecule has 1 rings (SSSR count). The molecule has 0 bridgehead atoms. The average molecular weight is 217 g/mol. The maximum atomic E-state index is 11.0. The van der Waals surface area contributed by atoms with Crippen molar-refractivity contribution in [1.82, 2.24) is 10.4 Å². The monoisotopic (exact) mass is 217 g/mol. The zero-order valence-electron chi connectivity index (χ0n) is 7.40. The molecule has 13 heavy (non-hydrogen) atoms. The summed E-state index contributed by atoms with van der Waals surface area (Å²) in [6.45, 7) is 3.72. The molecule has 1 heterocycles. The van der Waals surface area contributed by atoms with E-state index in [0.29, 0.717) is 0 Å². The van der Waals surface area contributed by atoms with E-state index in [1.165, 1.54) is 23.1 Å². The molecule has 1 aromatic heterocycles. The minimum atomic E-state index is -0.199. The fourth-order valence-corrected chi connectivity index (χ4v) is 2.70. The van der Waals surface area contributed by atoms with Gasteiger partial charge >= 0.3 is 0 Å². The smallest absolute Gasteiger partial charge is 0.247 e. The Morgan fingerprint density at radius 2 is 2.54 bits per heavy atom. The van der Waals surface area contributed by atoms with Crippen LogP contribution >= 0.6 is 23.1 Å². The lowest BCUT2D eigenvalue weighted by atomic mass is 10.5. The van der Waals surface area contributed by atoms with Crippen molar-refractivity contribution in [2.75, 3.05) is 0 Å². The lowest BCUT2D eigenvalue weighted by Crippen LogP contribution is -2.36. The predicted octanol–water partition coefficient (Wildman–Crippen LogP) is 0.922. The number of thiazole rings is 1. The van der Waals surface area contributed by atoms with Crippen molar-refractivity contribution in [3.63, 3.8) is 0 Å². The first kappa shape index (κ1) is 10.5. The minimum absolute atomic E-state index is 0.183. The molecule has 0 radical (unpaired) electrons. The number of amides is 1. The number of aromatic nitrogens is 1. The molecule has 4 nitrogen and oxygen atoms in total. The third-order valence-corrected chi connectivity index (χ3v) is 3.58. The zero-order valence-corrected chi connectivity index (χ0v) is 9.04. The first-order valence-corrected chi connectivity index (χ1v) is 5.48. The average Bonchev–Trinajstić information content (AvgIpc) is 2.49. The lowest BCUT2D eigenvalue weighted by Gasteiger charge is -2.05. The Balaban J connectivity index is 2.54. The van der Waals surface area contributed by atoms with E-state index in [-0.39, 0.29) is 11.2 Å². The molecule has 0 aromatic carbocycles. The van der Waals surface area contributed by atoms with Gasteiger partial charge in [-0.1, -0.05) is 11.8 Å². The van der Waals surface area contributed by atoms with E-state index in [9.17, 15) is 4.79 Å². The number of carbonyl (C=O) groups is 1. The molecule has 0 saturated heterocycles. The van der Waals surface area contributed by atoms with Gasteiger partial charge in [0.1, 0.15) is 0 Å². The maximum Gasteiger partial charge on any atom is 0.247 e. The van der Waals surface area contributed by atoms with Gasteiger partial charge in [0.2, 0.25) is 5.91 Å². The maximum absolute atomic E-state index is 11.0. The van der Waals surface area contributed by atoms with Crippen LogP contribution in [0.4, 0.5) is 0 Å². The molecule has 1 unspecified atom stereocenters. The molecule has 0 saturated carbocycles. The Kier molecular flexibility index (Phi) is 3.71. The Labute approximate surface area is 84.9 Å². The van der Waals surface area contributed by atoms with E-state index < -0.39 is 0 Å². The zero-order chi connectivity index (χ0) is 9.84. The highest BCUT2D eigenvalue weighted by Crippen LogP contribution is 2.26. The first-order chi connectivity index (χ1) is 6.13. The molecule has 0 aliphatic rings. The molecule has 0 fully saturated rings. The predicted molar refractivity (Wildman–Crippen MR) is 54.5 cm³/mol. The van der Waals surface area contributed by atoms with E-state index in [1.807, 2.05) is 12.3 Å². The number of rotatable bonds is 3. The summed E-state index contributed by atoms with van der Waals surface area (Å²) in [5.74, 6) is 4.82. The van der Waals surface area contributed by atoms with Crippen LogP contribution in [-0.4, -0.2) is 16.1 Å². The Morgan fingerprint density at radius 3 is 3.00 bits per heavy atom. The van der Waals surface area contributed by atoms with Crippen LogP contribution in [0.1, 0.15) is 12.6 Å². The molecule has 3 N–H and O–H groups in total. The van der Waals surface area contributed by atoms with Crippen LogP contribution in [0.5, 0.6) is 0 Å². The van der Waals surface area contributed by atoms with E-state index in [4.69, 9.17) is 5.84 Å². The van der Waals surface area contributed by atoms with E-state index in [2.05, 4.69) is 10.4 Å². The van der Waals surface area contributed by atoms with Gasteiger partial charge in [0.25, 0.3) is 0 Å². The number of carbonyl (C=O) groups excluding carboxylic acids is 1. The number of thioether (sulfide) groups is 1. The summed E-state index contributed by atoms with van der Waals surface area (Å²) in [7, 11) is 0. The highest BCUT2D eigenvalue weighted by Gasteiger charge is 2.14. The summed E-state index contributed by atoms with van der Waals surface area (Å²) in [6.07, 6.45) is 0. The van der Waals surface area contributed by atoms with Crippen LogP contribution in [0, 0.1) is 6.92 Å². The highest BCUT2D eigenvalue weighted by atomic mass is 32.2. The van der Waals surface area contributed by atoms with Crippen molar-refractivity contribution in [3.8, 4) is 0 Å². The van der Waals surface area contributed by atoms with Gasteiger partial charge in [-0.3, -0.25) is 10.2 Å². The molecule has 72 valence electrons. The number of nitrogens with one attached hydrogen (secondary N) is 1. The van der Waals surface area contributed by atoms with Gasteiger partial charge in [-0.25, -0.2) is 10.8 Å². The topological polar surface area (TPSA) is 68.0 Å². The number of hydrogen-bond acceptors (Lipinski definition) is 5. The van der Waals surface area contributed by atoms with Gasteiger partial charge < -0.3 is 0 Å². The number of aryl methyl sites for hydroxylation is 1. The summed E-state index contributed by atoms with van der Waals surface area (Å²) in [6, 6.07) is 0. The molecule has 1 amide bonds. The van der Waals surface area contributed by atoms with Gasteiger partial charge in [0, 0.05) is 11.1 Å². The molecular formula is C7H11N3OS2. The van der Waals surface area contributed by atoms with E-state index >= 15 is 0 Å². The van der Waals surface area contributed by atoms with Crippen LogP contribution in [0.25, 0.3) is 0 Å². The second-order valence-corrected chi connectivity index (χ2v) is 4.97. The summed E-state index contributed by atoms with van der Waals surface area (Å²) < 4.78 is 0.897. The largest absolute Gasteiger partial charge is 0.293 e. The number of nitrogens with two attached hydrogens (primary N) is 1. The second-order valence-electron chi connectivity index (χ2n) is 2.52. The fraction of sp³-hybridized carbons (Fsp3) is 0.429. The van der Waals surface area contributed by atoms with Crippen molar-refractivity contribution in [1.29, 1.82) is 0 Å². The molecule has 1 atom stereocenters. The Morgan fingerprint density at radius 1 is 1.85 bits per heavy atom. The quantitative estimate of drug-likeness (QED) is 0.342. The van der Waals surface area contributed by atoms with Crippen LogP contribution in [0.15, 0.2) is 9.72 Å². The van der Waals surface area contributed by atoms with Crippen LogP contribution in [0.2, 0.25) is 0 Å². The van der Waals surface area contributed by atoms with E-state index in [1.54, 1.807) is 6.92 Å². The SMILES string of the molecule is Cc1csc(SC(C)C(=O)NN)n1. The fourth-order valence-electron chi connectivity index (χ4n) is 0.709. The standard InChI is InChI=1S/C7H11N3OS2/c1-4-3-12-7(9-4)13-5(2)6(11)10-8/h3,5H,8H2,1-2H3,(H,10,11). The van der Waals surface area contributed by atoms with Crippen LogP contribution in [-0.2, 0) is 4.79 Å². The number of hydrazine groups is 1. The lowest BCUT2D eigenvalue weighted by molar-refractivity contribution is -0.120. The van der Waals surface area contributed by atoms with Gasteiger partial charge in [-0.05, 0) is 13.8 Å². The first-order valence-electron chi connectivity index (χ1n) is 3.72. The summed E-state index contributed by atoms with van der Waals surface area (Å²) in [4.78, 5) is 15.3. The molecule has 6 heteroatoms. The van der Waals surface area contributed by atoms with Crippen molar-refractivity contribution in [2.45, 2.75) is 23.4 Å². The van der Waals surface area contributed by atoms with Crippen molar-refractivity contribution >= 4 is 29.0 Å². The normalized spacial score (nSPS) is 12.5. The third kappa shape index (κ3) is 2.98. The summed E-state index contributed by atoms with van der Waals surface area (Å²) >= 11 is 2.95. The van der Waals surface area contributed by atoms with Crippen molar-refractivity contribution in [2.24, 2.45) is 5.84 Å². The second kappa shape index (κ2) is 4.59. The molecule has 0 aliphatic carbocycles. The van der Waals surface area contributed by atoms with Gasteiger partial charge in [0.05, 0.1) is 5.25 Å². The highest BCUT2D eigenvalue weighted by molar-refractivity contribution is 8.02. The molecule has 1 aromatic rings. The van der Waals surface area contributed by atoms with Crippen LogP contribution < -0.4 is 11.3 Å². The summed E-state index contributed by atoms with van der Waals surface area (Å²) in [5, 5.41) is 1.76. The number of hydrogen-bond donors (Lipinski definition) is 2. The molecule has 0 spiro atoms. The van der Waals surface area contributed by atoms with Gasteiger partial charge in [0.15, 0.2) is 4.34 Å². The third-order valence-electron chi connectivity index (χ3n) is 1.39. The van der Waals surface area contributed by atoms with Gasteiger partial charge in [-0.2, -0.15) is 0 Å². The summed E-state index contributed by atoms with van der Waals surface area (Å²) in [5.41, 5.74) is 3.09. The molecule has 0 aliphatic heterocycles. The molecular weight excluding hydrogens is 206 g/mol. The van der Waals surface area contributed by atoms with E-state index in [0.717, 1.165) is 10.0 Å². The van der Waals surface area contributed by atoms with Crippen molar-refractivity contribution in [3.05, 3.63) is 11.1 Å². The Bertz CT molecular complexity index is 300. The van der Waals surface area contributed by atoms with Gasteiger partial charge in [-0.15, -0.1) is 11.3 Å². The number of nitrogens with zero attached hydrogens (tertiary/aromatic N) is 1.